The van der Waals surface area contributed by atoms with Gasteiger partial charge in [0.25, 0.3) is 0 Å². The fourth-order valence-corrected chi connectivity index (χ4v) is 2.78. The van der Waals surface area contributed by atoms with Crippen LogP contribution in [-0.4, -0.2) is 34.4 Å². The van der Waals surface area contributed by atoms with Gasteiger partial charge in [-0.15, -0.1) is 4.73 Å². The standard InChI is InChI=1S/C11H18BrN5OSi/c1-7-14-8-9(12)15-11(13)16-10(8)17(7)18-5-6-19(2,3)4/h5-6H2,1-4H3,(H2,13,15,16). The third-order valence-corrected chi connectivity index (χ3v) is 4.93. The van der Waals surface area contributed by atoms with Crippen molar-refractivity contribution < 1.29 is 4.84 Å². The average molecular weight is 344 g/mol. The van der Waals surface area contributed by atoms with Crippen molar-refractivity contribution in [2.75, 3.05) is 12.3 Å². The van der Waals surface area contributed by atoms with E-state index in [-0.39, 0.29) is 5.95 Å². The molecular weight excluding hydrogens is 326 g/mol. The molecule has 0 saturated heterocycles. The second-order valence-electron chi connectivity index (χ2n) is 5.64. The number of imidazole rings is 1. The fourth-order valence-electron chi connectivity index (χ4n) is 1.63. The molecule has 0 aromatic carbocycles. The number of aryl methyl sites for hydroxylation is 1. The third-order valence-electron chi connectivity index (χ3n) is 2.67. The first kappa shape index (κ1) is 14.3. The van der Waals surface area contributed by atoms with Crippen LogP contribution in [-0.2, 0) is 0 Å². The lowest BCUT2D eigenvalue weighted by molar-refractivity contribution is 0.124. The molecule has 0 bridgehead atoms. The van der Waals surface area contributed by atoms with Crippen LogP contribution < -0.4 is 10.6 Å². The molecule has 19 heavy (non-hydrogen) atoms. The van der Waals surface area contributed by atoms with E-state index in [2.05, 4.69) is 50.5 Å². The molecule has 6 nitrogen and oxygen atoms in total. The minimum absolute atomic E-state index is 0.203. The third kappa shape index (κ3) is 3.24. The average Bonchev–Trinajstić information content (AvgIpc) is 2.55. The Labute approximate surface area is 121 Å². The minimum Gasteiger partial charge on any atom is -0.411 e. The predicted octanol–water partition coefficient (Wildman–Crippen LogP) is 2.25. The van der Waals surface area contributed by atoms with Gasteiger partial charge in [0.2, 0.25) is 11.6 Å². The van der Waals surface area contributed by atoms with Gasteiger partial charge in [0.1, 0.15) is 22.6 Å². The molecule has 0 aliphatic carbocycles. The van der Waals surface area contributed by atoms with Crippen LogP contribution in [0.4, 0.5) is 5.95 Å². The molecule has 0 saturated carbocycles. The maximum absolute atomic E-state index is 5.80. The zero-order chi connectivity index (χ0) is 14.2. The molecule has 2 rings (SSSR count). The number of hydrogen-bond acceptors (Lipinski definition) is 5. The summed E-state index contributed by atoms with van der Waals surface area (Å²) in [6.07, 6.45) is 0. The minimum atomic E-state index is -1.12. The molecule has 2 aromatic heterocycles. The second-order valence-corrected chi connectivity index (χ2v) is 12.0. The van der Waals surface area contributed by atoms with Gasteiger partial charge in [-0.2, -0.15) is 4.98 Å². The van der Waals surface area contributed by atoms with Crippen molar-refractivity contribution in [3.63, 3.8) is 0 Å². The Balaban J connectivity index is 2.30. The maximum Gasteiger partial charge on any atom is 0.223 e. The lowest BCUT2D eigenvalue weighted by Crippen LogP contribution is -2.25. The highest BCUT2D eigenvalue weighted by Crippen LogP contribution is 2.21. The molecular formula is C11H18BrN5OSi. The zero-order valence-electron chi connectivity index (χ0n) is 11.6. The van der Waals surface area contributed by atoms with E-state index in [1.165, 1.54) is 0 Å². The monoisotopic (exact) mass is 343 g/mol. The quantitative estimate of drug-likeness (QED) is 0.680. The van der Waals surface area contributed by atoms with Gasteiger partial charge in [0, 0.05) is 8.07 Å². The Kier molecular flexibility index (Phi) is 3.82. The number of anilines is 1. The molecule has 0 fully saturated rings. The van der Waals surface area contributed by atoms with Crippen LogP contribution in [0, 0.1) is 6.92 Å². The van der Waals surface area contributed by atoms with Crippen molar-refractivity contribution in [1.82, 2.24) is 19.7 Å². The van der Waals surface area contributed by atoms with E-state index in [1.807, 2.05) is 6.92 Å². The van der Waals surface area contributed by atoms with E-state index in [4.69, 9.17) is 10.6 Å². The fraction of sp³-hybridized carbons (Fsp3) is 0.545. The summed E-state index contributed by atoms with van der Waals surface area (Å²) in [5, 5.41) is 0. The molecule has 0 unspecified atom stereocenters. The predicted molar refractivity (Wildman–Crippen MR) is 81.8 cm³/mol. The maximum atomic E-state index is 5.80. The van der Waals surface area contributed by atoms with Gasteiger partial charge in [0.05, 0.1) is 0 Å². The highest BCUT2D eigenvalue weighted by atomic mass is 79.9. The van der Waals surface area contributed by atoms with Crippen molar-refractivity contribution in [2.24, 2.45) is 0 Å². The summed E-state index contributed by atoms with van der Waals surface area (Å²) in [5.41, 5.74) is 6.93. The van der Waals surface area contributed by atoms with Crippen molar-refractivity contribution in [2.45, 2.75) is 32.6 Å². The van der Waals surface area contributed by atoms with Crippen molar-refractivity contribution >= 4 is 41.1 Å². The van der Waals surface area contributed by atoms with E-state index in [9.17, 15) is 0 Å². The Morgan fingerprint density at radius 2 is 1.95 bits per heavy atom. The van der Waals surface area contributed by atoms with Crippen LogP contribution in [0.1, 0.15) is 5.82 Å². The molecule has 8 heteroatoms. The molecule has 104 valence electrons. The normalized spacial score (nSPS) is 12.1. The van der Waals surface area contributed by atoms with E-state index in [0.717, 1.165) is 11.9 Å². The van der Waals surface area contributed by atoms with Gasteiger partial charge in [-0.1, -0.05) is 19.6 Å². The van der Waals surface area contributed by atoms with Crippen LogP contribution in [0.25, 0.3) is 11.2 Å². The number of nitrogens with zero attached hydrogens (tertiary/aromatic N) is 4. The molecule has 0 radical (unpaired) electrons. The summed E-state index contributed by atoms with van der Waals surface area (Å²) in [6, 6.07) is 1.08. The zero-order valence-corrected chi connectivity index (χ0v) is 14.2. The number of nitrogen functional groups attached to an aromatic ring is 1. The molecule has 0 aliphatic rings. The molecule has 2 aromatic rings. The number of hydrogen-bond donors (Lipinski definition) is 1. The number of nitrogens with two attached hydrogens (primary N) is 1. The molecule has 2 N–H and O–H groups in total. The first-order chi connectivity index (χ1) is 8.78. The van der Waals surface area contributed by atoms with Crippen molar-refractivity contribution in [1.29, 1.82) is 0 Å². The van der Waals surface area contributed by atoms with Gasteiger partial charge in [-0.05, 0) is 28.9 Å². The number of rotatable bonds is 4. The summed E-state index contributed by atoms with van der Waals surface area (Å²) in [4.78, 5) is 18.4. The van der Waals surface area contributed by atoms with Crippen LogP contribution in [0.3, 0.4) is 0 Å². The molecule has 0 spiro atoms. The first-order valence-electron chi connectivity index (χ1n) is 6.09. The van der Waals surface area contributed by atoms with E-state index in [0.29, 0.717) is 22.4 Å². The topological polar surface area (TPSA) is 78.9 Å². The lowest BCUT2D eigenvalue weighted by Gasteiger charge is -2.16. The van der Waals surface area contributed by atoms with E-state index >= 15 is 0 Å². The summed E-state index contributed by atoms with van der Waals surface area (Å²) >= 11 is 3.34. The van der Waals surface area contributed by atoms with Gasteiger partial charge in [-0.3, -0.25) is 0 Å². The highest BCUT2D eigenvalue weighted by Gasteiger charge is 2.17. The van der Waals surface area contributed by atoms with Gasteiger partial charge in [-0.25, -0.2) is 9.97 Å². The Bertz CT molecular complexity index is 607. The number of aromatic nitrogens is 4. The van der Waals surface area contributed by atoms with Gasteiger partial charge < -0.3 is 10.6 Å². The Morgan fingerprint density at radius 1 is 1.26 bits per heavy atom. The van der Waals surface area contributed by atoms with Crippen LogP contribution in [0.15, 0.2) is 4.60 Å². The number of fused-ring (bicyclic) bond motifs is 1. The molecule has 2 heterocycles. The smallest absolute Gasteiger partial charge is 0.223 e. The second kappa shape index (κ2) is 5.08. The molecule has 0 amide bonds. The highest BCUT2D eigenvalue weighted by molar-refractivity contribution is 9.10. The lowest BCUT2D eigenvalue weighted by atomic mass is 10.6. The largest absolute Gasteiger partial charge is 0.411 e. The summed E-state index contributed by atoms with van der Waals surface area (Å²) in [7, 11) is -1.12. The van der Waals surface area contributed by atoms with E-state index in [1.54, 1.807) is 4.73 Å². The number of halogens is 1. The Hall–Kier alpha value is -1.15. The summed E-state index contributed by atoms with van der Waals surface area (Å²) in [6.45, 7) is 9.46. The van der Waals surface area contributed by atoms with Crippen LogP contribution in [0.2, 0.25) is 25.7 Å². The van der Waals surface area contributed by atoms with Crippen LogP contribution in [0.5, 0.6) is 0 Å². The first-order valence-corrected chi connectivity index (χ1v) is 10.6. The Morgan fingerprint density at radius 3 is 2.58 bits per heavy atom. The molecule has 0 aliphatic heterocycles. The van der Waals surface area contributed by atoms with E-state index < -0.39 is 8.07 Å². The van der Waals surface area contributed by atoms with Gasteiger partial charge in [0.15, 0.2) is 0 Å². The van der Waals surface area contributed by atoms with Crippen molar-refractivity contribution in [3.8, 4) is 0 Å². The summed E-state index contributed by atoms with van der Waals surface area (Å²) < 4.78 is 2.23. The van der Waals surface area contributed by atoms with Gasteiger partial charge >= 0.3 is 0 Å². The summed E-state index contributed by atoms with van der Waals surface area (Å²) in [5.74, 6) is 0.945. The molecule has 0 atom stereocenters. The van der Waals surface area contributed by atoms with Crippen LogP contribution >= 0.6 is 15.9 Å². The SMILES string of the molecule is Cc1nc2c(Br)nc(N)nc2n1OCC[Si](C)(C)C. The van der Waals surface area contributed by atoms with Crippen molar-refractivity contribution in [3.05, 3.63) is 10.4 Å².